The molecule has 9 heteroatoms. The fraction of sp³-hybridized carbons (Fsp3) is 0.333. The summed E-state index contributed by atoms with van der Waals surface area (Å²) >= 11 is 0. The second-order valence-corrected chi connectivity index (χ2v) is 8.27. The molecule has 0 aliphatic carbocycles. The van der Waals surface area contributed by atoms with Gasteiger partial charge in [0.05, 0.1) is 18.4 Å². The normalized spacial score (nSPS) is 11.9. The highest BCUT2D eigenvalue weighted by Crippen LogP contribution is 2.33. The second kappa shape index (κ2) is 12.2. The largest absolute Gasteiger partial charge is 0.467 e. The van der Waals surface area contributed by atoms with Crippen molar-refractivity contribution in [2.75, 3.05) is 33.1 Å². The summed E-state index contributed by atoms with van der Waals surface area (Å²) in [5.74, 6) is 0.401. The topological polar surface area (TPSA) is 81.5 Å². The van der Waals surface area contributed by atoms with Crippen molar-refractivity contribution in [3.05, 3.63) is 83.6 Å². The Balaban J connectivity index is 1.53. The van der Waals surface area contributed by atoms with Gasteiger partial charge in [-0.1, -0.05) is 18.2 Å². The van der Waals surface area contributed by atoms with E-state index in [1.54, 1.807) is 35.4 Å². The molecule has 0 saturated heterocycles. The lowest BCUT2D eigenvalue weighted by molar-refractivity contribution is -0.133. The Bertz CT molecular complexity index is 1170. The van der Waals surface area contributed by atoms with Crippen molar-refractivity contribution >= 4 is 11.8 Å². The predicted molar refractivity (Wildman–Crippen MR) is 129 cm³/mol. The number of fused-ring (bicyclic) bond motifs is 1. The molecule has 0 atom stereocenters. The average Bonchev–Trinajstić information content (AvgIpc) is 3.57. The van der Waals surface area contributed by atoms with Crippen LogP contribution in [0.2, 0.25) is 0 Å². The number of halogens is 1. The van der Waals surface area contributed by atoms with Crippen molar-refractivity contribution in [2.45, 2.75) is 26.4 Å². The molecule has 3 aromatic rings. The maximum Gasteiger partial charge on any atom is 0.257 e. The van der Waals surface area contributed by atoms with E-state index >= 15 is 0 Å². The summed E-state index contributed by atoms with van der Waals surface area (Å²) in [7, 11) is 0. The van der Waals surface area contributed by atoms with Crippen molar-refractivity contribution < 1.29 is 32.6 Å². The zero-order valence-electron chi connectivity index (χ0n) is 20.2. The minimum atomic E-state index is -0.627. The quantitative estimate of drug-likeness (QED) is 0.349. The highest BCUT2D eigenvalue weighted by Gasteiger charge is 2.25. The Morgan fingerprint density at radius 2 is 1.83 bits per heavy atom. The van der Waals surface area contributed by atoms with E-state index in [-0.39, 0.29) is 44.4 Å². The van der Waals surface area contributed by atoms with Gasteiger partial charge in [-0.05, 0) is 55.3 Å². The van der Waals surface area contributed by atoms with E-state index in [2.05, 4.69) is 0 Å². The fourth-order valence-electron chi connectivity index (χ4n) is 3.91. The molecule has 1 aromatic heterocycles. The first-order valence-corrected chi connectivity index (χ1v) is 11.9. The molecule has 8 nitrogen and oxygen atoms in total. The Morgan fingerprint density at radius 1 is 1.00 bits per heavy atom. The maximum atomic E-state index is 14.4. The number of hydrogen-bond donors (Lipinski definition) is 0. The molecule has 2 amide bonds. The number of hydrogen-bond acceptors (Lipinski definition) is 6. The van der Waals surface area contributed by atoms with Crippen molar-refractivity contribution in [3.63, 3.8) is 0 Å². The Hall–Kier alpha value is -3.85. The number of amides is 2. The fourth-order valence-corrected chi connectivity index (χ4v) is 3.91. The minimum absolute atomic E-state index is 0.0740. The lowest BCUT2D eigenvalue weighted by Gasteiger charge is -2.27. The molecule has 36 heavy (non-hydrogen) atoms. The Labute approximate surface area is 209 Å². The summed E-state index contributed by atoms with van der Waals surface area (Å²) in [6.45, 7) is 3.52. The first-order valence-electron chi connectivity index (χ1n) is 11.9. The molecule has 1 aliphatic heterocycles. The van der Waals surface area contributed by atoms with Gasteiger partial charge >= 0.3 is 0 Å². The molecule has 0 bridgehead atoms. The first-order chi connectivity index (χ1) is 17.5. The van der Waals surface area contributed by atoms with E-state index in [1.165, 1.54) is 23.1 Å². The van der Waals surface area contributed by atoms with Crippen LogP contribution in [-0.4, -0.2) is 54.7 Å². The summed E-state index contributed by atoms with van der Waals surface area (Å²) in [5.41, 5.74) is 0.762. The number of carbonyl (C=O) groups is 2. The van der Waals surface area contributed by atoms with Gasteiger partial charge in [0.25, 0.3) is 5.91 Å². The molecular weight excluding hydrogens is 467 g/mol. The summed E-state index contributed by atoms with van der Waals surface area (Å²) in [4.78, 5) is 29.7. The summed E-state index contributed by atoms with van der Waals surface area (Å²) < 4.78 is 36.1. The molecule has 2 aromatic carbocycles. The third-order valence-electron chi connectivity index (χ3n) is 5.73. The van der Waals surface area contributed by atoms with Gasteiger partial charge in [-0.2, -0.15) is 0 Å². The molecule has 2 heterocycles. The van der Waals surface area contributed by atoms with Crippen LogP contribution in [0.3, 0.4) is 0 Å². The van der Waals surface area contributed by atoms with Crippen LogP contribution in [0, 0.1) is 5.82 Å². The van der Waals surface area contributed by atoms with E-state index < -0.39 is 11.7 Å². The predicted octanol–water partition coefficient (Wildman–Crippen LogP) is 4.25. The lowest BCUT2D eigenvalue weighted by Crippen LogP contribution is -2.43. The van der Waals surface area contributed by atoms with Crippen LogP contribution in [0.5, 0.6) is 11.5 Å². The van der Waals surface area contributed by atoms with Crippen molar-refractivity contribution in [2.24, 2.45) is 0 Å². The summed E-state index contributed by atoms with van der Waals surface area (Å²) in [6, 6.07) is 14.8. The molecule has 4 rings (SSSR count). The van der Waals surface area contributed by atoms with Crippen LogP contribution in [0.1, 0.15) is 35.0 Å². The zero-order valence-corrected chi connectivity index (χ0v) is 20.2. The second-order valence-electron chi connectivity index (χ2n) is 8.27. The summed E-state index contributed by atoms with van der Waals surface area (Å²) in [5, 5.41) is 0. The van der Waals surface area contributed by atoms with Crippen LogP contribution in [0.15, 0.2) is 65.3 Å². The number of ether oxygens (including phenoxy) is 3. The number of nitrogens with zero attached hydrogens (tertiary/aromatic N) is 2. The van der Waals surface area contributed by atoms with E-state index in [9.17, 15) is 14.0 Å². The third kappa shape index (κ3) is 6.42. The maximum absolute atomic E-state index is 14.4. The molecule has 0 N–H and O–H groups in total. The van der Waals surface area contributed by atoms with Crippen molar-refractivity contribution in [1.82, 2.24) is 9.80 Å². The van der Waals surface area contributed by atoms with Gasteiger partial charge in [0.2, 0.25) is 12.7 Å². The van der Waals surface area contributed by atoms with Gasteiger partial charge in [-0.25, -0.2) is 4.39 Å². The molecule has 190 valence electrons. The van der Waals surface area contributed by atoms with E-state index in [4.69, 9.17) is 18.6 Å². The molecule has 0 radical (unpaired) electrons. The van der Waals surface area contributed by atoms with Gasteiger partial charge in [-0.3, -0.25) is 9.59 Å². The molecule has 0 unspecified atom stereocenters. The number of carbonyl (C=O) groups excluding carboxylic acids is 2. The van der Waals surface area contributed by atoms with E-state index in [0.717, 1.165) is 5.56 Å². The van der Waals surface area contributed by atoms with Crippen LogP contribution < -0.4 is 9.47 Å². The monoisotopic (exact) mass is 496 g/mol. The average molecular weight is 497 g/mol. The van der Waals surface area contributed by atoms with E-state index in [0.29, 0.717) is 36.9 Å². The Morgan fingerprint density at radius 3 is 2.61 bits per heavy atom. The molecular formula is C27H29FN2O6. The van der Waals surface area contributed by atoms with Gasteiger partial charge in [0.15, 0.2) is 11.5 Å². The number of rotatable bonds is 12. The minimum Gasteiger partial charge on any atom is -0.467 e. The van der Waals surface area contributed by atoms with Gasteiger partial charge in [0, 0.05) is 26.3 Å². The summed E-state index contributed by atoms with van der Waals surface area (Å²) in [6.07, 6.45) is 2.06. The Kier molecular flexibility index (Phi) is 8.57. The van der Waals surface area contributed by atoms with E-state index in [1.807, 2.05) is 19.1 Å². The van der Waals surface area contributed by atoms with Gasteiger partial charge < -0.3 is 28.4 Å². The first kappa shape index (κ1) is 25.2. The smallest absolute Gasteiger partial charge is 0.257 e. The zero-order chi connectivity index (χ0) is 25.3. The van der Waals surface area contributed by atoms with Crippen LogP contribution in [-0.2, 0) is 22.6 Å². The highest BCUT2D eigenvalue weighted by atomic mass is 19.1. The third-order valence-corrected chi connectivity index (χ3v) is 5.73. The number of furan rings is 1. The van der Waals surface area contributed by atoms with Crippen molar-refractivity contribution in [1.29, 1.82) is 0 Å². The standard InChI is InChI=1S/C27H29FN2O6/c1-2-33-13-6-12-29(27(32)22-8-3-4-9-23(22)28)18-26(31)30(17-21-7-5-14-34-21)16-20-10-11-24-25(15-20)36-19-35-24/h3-5,7-11,14-15H,2,6,12-13,16-19H2,1H3. The van der Waals surface area contributed by atoms with Crippen LogP contribution >= 0.6 is 0 Å². The molecule has 0 spiro atoms. The molecule has 0 fully saturated rings. The van der Waals surface area contributed by atoms with Crippen LogP contribution in [0.25, 0.3) is 0 Å². The van der Waals surface area contributed by atoms with Gasteiger partial charge in [-0.15, -0.1) is 0 Å². The SMILES string of the molecule is CCOCCCN(CC(=O)N(Cc1ccc2c(c1)OCO2)Cc1ccco1)C(=O)c1ccccc1F. The number of benzene rings is 2. The van der Waals surface area contributed by atoms with Gasteiger partial charge in [0.1, 0.15) is 18.1 Å². The lowest BCUT2D eigenvalue weighted by atomic mass is 10.1. The highest BCUT2D eigenvalue weighted by molar-refractivity contribution is 5.96. The molecule has 1 aliphatic rings. The van der Waals surface area contributed by atoms with Crippen LogP contribution in [0.4, 0.5) is 4.39 Å². The van der Waals surface area contributed by atoms with Crippen molar-refractivity contribution in [3.8, 4) is 11.5 Å². The molecule has 0 saturated carbocycles.